The van der Waals surface area contributed by atoms with E-state index in [0.29, 0.717) is 30.9 Å². The topological polar surface area (TPSA) is 112 Å². The number of aryl methyl sites for hydroxylation is 2. The summed E-state index contributed by atoms with van der Waals surface area (Å²) in [6, 6.07) is -0.731. The highest BCUT2D eigenvalue weighted by Gasteiger charge is 2.41. The first kappa shape index (κ1) is 22.2. The number of aromatic nitrogens is 1. The van der Waals surface area contributed by atoms with Gasteiger partial charge in [-0.15, -0.1) is 11.3 Å². The van der Waals surface area contributed by atoms with Crippen molar-refractivity contribution in [2.24, 2.45) is 5.92 Å². The van der Waals surface area contributed by atoms with Crippen molar-refractivity contribution in [1.82, 2.24) is 15.4 Å². The van der Waals surface area contributed by atoms with Gasteiger partial charge in [0, 0.05) is 11.4 Å². The highest BCUT2D eigenvalue weighted by Crippen LogP contribution is 2.27. The molecule has 1 saturated heterocycles. The van der Waals surface area contributed by atoms with Crippen molar-refractivity contribution in [1.29, 1.82) is 0 Å². The molecule has 1 aromatic heterocycles. The third-order valence-corrected chi connectivity index (χ3v) is 5.99. The van der Waals surface area contributed by atoms with E-state index < -0.39 is 29.9 Å². The number of halogens is 1. The van der Waals surface area contributed by atoms with Gasteiger partial charge in [0.15, 0.2) is 11.3 Å². The Bertz CT molecular complexity index is 707. The Hall–Kier alpha value is -2.07. The van der Waals surface area contributed by atoms with Crippen LogP contribution >= 0.6 is 11.3 Å². The molecule has 156 valence electrons. The number of carbonyl (C=O) groups is 3. The third-order valence-electron chi connectivity index (χ3n) is 5.00. The van der Waals surface area contributed by atoms with Gasteiger partial charge in [-0.05, 0) is 33.1 Å². The van der Waals surface area contributed by atoms with E-state index in [4.69, 9.17) is 5.21 Å². The van der Waals surface area contributed by atoms with Crippen LogP contribution < -0.4 is 10.8 Å². The molecule has 0 aliphatic carbocycles. The summed E-state index contributed by atoms with van der Waals surface area (Å²) >= 11 is 1.35. The summed E-state index contributed by atoms with van der Waals surface area (Å²) < 4.78 is 14.5. The van der Waals surface area contributed by atoms with E-state index in [-0.39, 0.29) is 12.3 Å². The molecule has 0 aromatic carbocycles. The molecular weight excluding hydrogens is 387 g/mol. The predicted molar refractivity (Wildman–Crippen MR) is 103 cm³/mol. The Morgan fingerprint density at radius 1 is 1.39 bits per heavy atom. The zero-order chi connectivity index (χ0) is 20.8. The van der Waals surface area contributed by atoms with Crippen molar-refractivity contribution in [3.63, 3.8) is 0 Å². The molecule has 10 heteroatoms. The van der Waals surface area contributed by atoms with Crippen molar-refractivity contribution in [3.05, 3.63) is 10.6 Å². The number of carbonyl (C=O) groups excluding carboxylic acids is 3. The maximum absolute atomic E-state index is 14.5. The van der Waals surface area contributed by atoms with E-state index in [9.17, 15) is 18.8 Å². The lowest BCUT2D eigenvalue weighted by molar-refractivity contribution is -0.148. The molecule has 0 bridgehead atoms. The Balaban J connectivity index is 2.13. The summed E-state index contributed by atoms with van der Waals surface area (Å²) in [5.74, 6) is -3.42. The Morgan fingerprint density at radius 3 is 2.68 bits per heavy atom. The van der Waals surface area contributed by atoms with Crippen LogP contribution in [0.1, 0.15) is 49.6 Å². The van der Waals surface area contributed by atoms with Crippen LogP contribution in [0.15, 0.2) is 0 Å². The van der Waals surface area contributed by atoms with Gasteiger partial charge in [-0.2, -0.15) is 0 Å². The molecular formula is C18H27FN4O4S. The summed E-state index contributed by atoms with van der Waals surface area (Å²) in [4.78, 5) is 43.8. The smallest absolute Gasteiger partial charge is 0.278 e. The summed E-state index contributed by atoms with van der Waals surface area (Å²) in [6.45, 7) is 5.96. The van der Waals surface area contributed by atoms with Gasteiger partial charge in [0.2, 0.25) is 11.8 Å². The number of amides is 3. The Labute approximate surface area is 167 Å². The van der Waals surface area contributed by atoms with E-state index in [2.05, 4.69) is 10.3 Å². The largest absolute Gasteiger partial charge is 0.330 e. The first-order chi connectivity index (χ1) is 13.3. The number of alkyl halides is 1. The molecule has 1 fully saturated rings. The monoisotopic (exact) mass is 414 g/mol. The molecule has 0 spiro atoms. The highest BCUT2D eigenvalue weighted by molar-refractivity contribution is 7.15. The number of hydrogen-bond donors (Lipinski definition) is 3. The summed E-state index contributed by atoms with van der Waals surface area (Å²) in [5, 5.41) is 11.9. The molecule has 3 N–H and O–H groups in total. The molecule has 28 heavy (non-hydrogen) atoms. The first-order valence-electron chi connectivity index (χ1n) is 9.43. The van der Waals surface area contributed by atoms with Gasteiger partial charge in [0.1, 0.15) is 6.04 Å². The van der Waals surface area contributed by atoms with Crippen LogP contribution in [0, 0.1) is 19.8 Å². The molecule has 1 aliphatic heterocycles. The van der Waals surface area contributed by atoms with Crippen LogP contribution in [0.2, 0.25) is 0 Å². The molecule has 2 heterocycles. The first-order valence-corrected chi connectivity index (χ1v) is 10.2. The Kier molecular flexibility index (Phi) is 7.88. The van der Waals surface area contributed by atoms with Gasteiger partial charge in [-0.1, -0.05) is 19.8 Å². The van der Waals surface area contributed by atoms with Crippen molar-refractivity contribution in [3.8, 4) is 0 Å². The molecule has 1 aromatic rings. The molecule has 1 aliphatic rings. The van der Waals surface area contributed by atoms with E-state index in [0.717, 1.165) is 17.0 Å². The van der Waals surface area contributed by atoms with Gasteiger partial charge < -0.3 is 10.2 Å². The van der Waals surface area contributed by atoms with Crippen LogP contribution in [-0.2, 0) is 14.4 Å². The fourth-order valence-electron chi connectivity index (χ4n) is 3.29. The van der Waals surface area contributed by atoms with E-state index in [1.807, 2.05) is 20.8 Å². The highest BCUT2D eigenvalue weighted by atomic mass is 32.1. The number of unbranched alkanes of at least 4 members (excludes halogenated alkanes) is 1. The van der Waals surface area contributed by atoms with Crippen LogP contribution in [-0.4, -0.2) is 51.6 Å². The number of hydrogen-bond acceptors (Lipinski definition) is 6. The Morgan fingerprint density at radius 2 is 2.11 bits per heavy atom. The zero-order valence-electron chi connectivity index (χ0n) is 16.3. The lowest BCUT2D eigenvalue weighted by Crippen LogP contribution is -2.49. The quantitative estimate of drug-likeness (QED) is 0.447. The summed E-state index contributed by atoms with van der Waals surface area (Å²) in [6.07, 6.45) is 0.354. The number of anilines is 1. The van der Waals surface area contributed by atoms with Gasteiger partial charge in [-0.3, -0.25) is 19.6 Å². The molecule has 0 radical (unpaired) electrons. The number of likely N-dealkylation sites (tertiary alicyclic amines) is 1. The average molecular weight is 415 g/mol. The van der Waals surface area contributed by atoms with E-state index in [1.54, 1.807) is 0 Å². The molecule has 2 unspecified atom stereocenters. The number of hydroxylamine groups is 1. The second-order valence-electron chi connectivity index (χ2n) is 6.97. The van der Waals surface area contributed by atoms with Gasteiger partial charge >= 0.3 is 0 Å². The second-order valence-corrected chi connectivity index (χ2v) is 8.17. The van der Waals surface area contributed by atoms with Crippen molar-refractivity contribution in [2.45, 2.75) is 65.1 Å². The number of thiazole rings is 1. The average Bonchev–Trinajstić information content (AvgIpc) is 3.27. The number of rotatable bonds is 8. The minimum atomic E-state index is -2.17. The van der Waals surface area contributed by atoms with Gasteiger partial charge in [-0.25, -0.2) is 14.9 Å². The molecule has 8 nitrogen and oxygen atoms in total. The van der Waals surface area contributed by atoms with Gasteiger partial charge in [0.25, 0.3) is 5.91 Å². The lowest BCUT2D eigenvalue weighted by Gasteiger charge is -2.29. The number of nitrogens with zero attached hydrogens (tertiary/aromatic N) is 2. The molecule has 0 saturated carbocycles. The maximum atomic E-state index is 14.5. The van der Waals surface area contributed by atoms with Crippen molar-refractivity contribution >= 4 is 34.2 Å². The van der Waals surface area contributed by atoms with Crippen LogP contribution in [0.5, 0.6) is 0 Å². The summed E-state index contributed by atoms with van der Waals surface area (Å²) in [7, 11) is 0. The van der Waals surface area contributed by atoms with Crippen LogP contribution in [0.25, 0.3) is 0 Å². The minimum Gasteiger partial charge on any atom is -0.330 e. The second kappa shape index (κ2) is 9.92. The predicted octanol–water partition coefficient (Wildman–Crippen LogP) is 2.34. The van der Waals surface area contributed by atoms with Crippen molar-refractivity contribution in [2.75, 3.05) is 11.9 Å². The summed E-state index contributed by atoms with van der Waals surface area (Å²) in [5.41, 5.74) is 2.10. The molecule has 3 atom stereocenters. The fourth-order valence-corrected chi connectivity index (χ4v) is 4.11. The normalized spacial score (nSPS) is 18.6. The minimum absolute atomic E-state index is 0.166. The lowest BCUT2D eigenvalue weighted by atomic mass is 9.94. The zero-order valence-corrected chi connectivity index (χ0v) is 17.1. The van der Waals surface area contributed by atoms with E-state index >= 15 is 0 Å². The molecule has 3 amide bonds. The fraction of sp³-hybridized carbons (Fsp3) is 0.667. The van der Waals surface area contributed by atoms with E-state index in [1.165, 1.54) is 21.7 Å². The third kappa shape index (κ3) is 5.05. The SMILES string of the molecule is CCCCC(C(=O)N1CCC[C@H]1C(=O)Nc1nc(C)c(C)s1)C(F)C(=O)NO. The van der Waals surface area contributed by atoms with Crippen molar-refractivity contribution < 1.29 is 24.0 Å². The standard InChI is InChI=1S/C18H27FN4O4S/c1-4-5-7-12(14(19)16(25)22-27)17(26)23-9-6-8-13(23)15(24)21-18-20-10(2)11(3)28-18/h12-14,27H,4-9H2,1-3H3,(H,22,25)(H,20,21,24)/t12?,13-,14?/m0/s1. The number of nitrogens with one attached hydrogen (secondary N) is 2. The molecule has 2 rings (SSSR count). The van der Waals surface area contributed by atoms with Crippen LogP contribution in [0.3, 0.4) is 0 Å². The van der Waals surface area contributed by atoms with Gasteiger partial charge in [0.05, 0.1) is 11.6 Å². The maximum Gasteiger partial charge on any atom is 0.278 e. The van der Waals surface area contributed by atoms with Crippen LogP contribution in [0.4, 0.5) is 9.52 Å².